The van der Waals surface area contributed by atoms with Gasteiger partial charge in [0.1, 0.15) is 6.04 Å². The number of carbonyl (C=O) groups excluding carboxylic acids is 4. The molecule has 0 radical (unpaired) electrons. The summed E-state index contributed by atoms with van der Waals surface area (Å²) in [5, 5.41) is 6.49. The normalized spacial score (nSPS) is 27.3. The van der Waals surface area contributed by atoms with Gasteiger partial charge in [0.2, 0.25) is 17.7 Å². The summed E-state index contributed by atoms with van der Waals surface area (Å²) in [5.41, 5.74) is 0. The Morgan fingerprint density at radius 3 is 2.23 bits per heavy atom. The molecule has 10 atom stereocenters. The van der Waals surface area contributed by atoms with Crippen LogP contribution in [0.15, 0.2) is 0 Å². The highest BCUT2D eigenvalue weighted by atomic mass is 16.5. The largest absolute Gasteiger partial charge is 0.469 e. The molecule has 0 aromatic heterocycles. The zero-order valence-corrected chi connectivity index (χ0v) is 27.8. The van der Waals surface area contributed by atoms with Crippen molar-refractivity contribution in [3.05, 3.63) is 0 Å². The fourth-order valence-corrected chi connectivity index (χ4v) is 7.60. The highest BCUT2D eigenvalue weighted by Crippen LogP contribution is 2.35. The molecule has 3 amide bonds. The van der Waals surface area contributed by atoms with Crippen LogP contribution in [0.1, 0.15) is 79.6 Å². The molecule has 3 aliphatic rings. The summed E-state index contributed by atoms with van der Waals surface area (Å²) < 4.78 is 16.6. The summed E-state index contributed by atoms with van der Waals surface area (Å²) >= 11 is 0. The second-order valence-corrected chi connectivity index (χ2v) is 13.3. The van der Waals surface area contributed by atoms with E-state index >= 15 is 0 Å². The van der Waals surface area contributed by atoms with Gasteiger partial charge in [0.25, 0.3) is 0 Å². The number of esters is 1. The monoisotopic (exact) mass is 608 g/mol. The summed E-state index contributed by atoms with van der Waals surface area (Å²) in [7, 11) is 6.24. The van der Waals surface area contributed by atoms with Crippen LogP contribution in [0.2, 0.25) is 0 Å². The number of fused-ring (bicyclic) bond motifs is 2. The number of nitrogens with one attached hydrogen (secondary N) is 2. The molecule has 2 saturated heterocycles. The van der Waals surface area contributed by atoms with E-state index in [4.69, 9.17) is 14.2 Å². The van der Waals surface area contributed by atoms with E-state index in [1.54, 1.807) is 38.0 Å². The molecule has 2 N–H and O–H groups in total. The van der Waals surface area contributed by atoms with Gasteiger partial charge in [0.05, 0.1) is 49.8 Å². The first kappa shape index (κ1) is 35.2. The lowest BCUT2D eigenvalue weighted by Gasteiger charge is -2.41. The van der Waals surface area contributed by atoms with Gasteiger partial charge >= 0.3 is 5.97 Å². The van der Waals surface area contributed by atoms with Crippen molar-refractivity contribution in [1.82, 2.24) is 20.4 Å². The molecule has 0 aromatic carbocycles. The van der Waals surface area contributed by atoms with Crippen molar-refractivity contribution in [3.8, 4) is 0 Å². The second-order valence-electron chi connectivity index (χ2n) is 13.3. The number of piperidine rings is 1. The van der Waals surface area contributed by atoms with E-state index in [2.05, 4.69) is 24.5 Å². The van der Waals surface area contributed by atoms with Gasteiger partial charge in [0.15, 0.2) is 0 Å². The van der Waals surface area contributed by atoms with Gasteiger partial charge in [-0.05, 0) is 56.8 Å². The topological polar surface area (TPSA) is 127 Å². The van der Waals surface area contributed by atoms with E-state index in [1.165, 1.54) is 7.11 Å². The fraction of sp³-hybridized carbons (Fsp3) is 0.875. The molecule has 2 bridgehead atoms. The first-order valence-corrected chi connectivity index (χ1v) is 16.2. The molecule has 246 valence electrons. The number of amides is 3. The van der Waals surface area contributed by atoms with E-state index in [0.717, 1.165) is 38.5 Å². The molecular weight excluding hydrogens is 552 g/mol. The standard InChI is InChI=1S/C32H56N4O7/c1-10-19(4)28(35(6)31(39)26(18(2)3)34-30(38)27-21-13-14-22(16-21)33-27)24(41-7)17-25(37)36-15-11-12-23(36)29(42-8)20(5)32(40)43-9/h18-24,26-29,33H,10-17H2,1-9H3,(H,34,38)/t19-,20?,21-,22+,23-,24+,26-,27-,28-,29?/m0/s1. The number of nitrogens with zero attached hydrogens (tertiary/aromatic N) is 2. The highest BCUT2D eigenvalue weighted by Gasteiger charge is 2.45. The Morgan fingerprint density at radius 1 is 1.02 bits per heavy atom. The number of methoxy groups -OCH3 is 3. The lowest BCUT2D eigenvalue weighted by Crippen LogP contribution is -2.59. The highest BCUT2D eigenvalue weighted by molar-refractivity contribution is 5.90. The Labute approximate surface area is 258 Å². The fourth-order valence-electron chi connectivity index (χ4n) is 7.60. The van der Waals surface area contributed by atoms with Crippen LogP contribution in [0.25, 0.3) is 0 Å². The molecular formula is C32H56N4O7. The SMILES string of the molecule is CC[C@H](C)[C@@H]([C@@H](CC(=O)N1CCC[C@H]1C(OC)C(C)C(=O)OC)OC)N(C)C(=O)[C@@H](NC(=O)[C@H]1N[C@@H]2CC[C@H]1C2)C(C)C. The molecule has 3 fully saturated rings. The first-order valence-electron chi connectivity index (χ1n) is 16.2. The Bertz CT molecular complexity index is 977. The van der Waals surface area contributed by atoms with Gasteiger partial charge in [-0.1, -0.05) is 34.1 Å². The average Bonchev–Trinajstić information content (AvgIpc) is 3.76. The number of likely N-dealkylation sites (N-methyl/N-ethyl adjacent to an activating group) is 1. The number of hydrogen-bond donors (Lipinski definition) is 2. The molecule has 3 rings (SSSR count). The molecule has 2 heterocycles. The lowest BCUT2D eigenvalue weighted by atomic mass is 9.89. The molecule has 1 aliphatic carbocycles. The molecule has 43 heavy (non-hydrogen) atoms. The molecule has 0 spiro atoms. The Morgan fingerprint density at radius 2 is 1.72 bits per heavy atom. The molecule has 11 heteroatoms. The Kier molecular flexibility index (Phi) is 12.8. The zero-order chi connectivity index (χ0) is 32.0. The van der Waals surface area contributed by atoms with Crippen LogP contribution < -0.4 is 10.6 Å². The average molecular weight is 609 g/mol. The number of hydrogen-bond acceptors (Lipinski definition) is 8. The lowest BCUT2D eigenvalue weighted by molar-refractivity contribution is -0.154. The van der Waals surface area contributed by atoms with Crippen LogP contribution in [0.3, 0.4) is 0 Å². The van der Waals surface area contributed by atoms with E-state index in [-0.39, 0.29) is 54.0 Å². The molecule has 0 aromatic rings. The Hall–Kier alpha value is -2.24. The van der Waals surface area contributed by atoms with Gasteiger partial charge in [-0.25, -0.2) is 0 Å². The van der Waals surface area contributed by atoms with Crippen molar-refractivity contribution >= 4 is 23.7 Å². The summed E-state index contributed by atoms with van der Waals surface area (Å²) in [4.78, 5) is 56.9. The van der Waals surface area contributed by atoms with Gasteiger partial charge in [0, 0.05) is 33.9 Å². The van der Waals surface area contributed by atoms with E-state index in [0.29, 0.717) is 18.5 Å². The van der Waals surface area contributed by atoms with Gasteiger partial charge < -0.3 is 34.6 Å². The van der Waals surface area contributed by atoms with Crippen molar-refractivity contribution in [3.63, 3.8) is 0 Å². The minimum Gasteiger partial charge on any atom is -0.469 e. The smallest absolute Gasteiger partial charge is 0.311 e. The minimum atomic E-state index is -0.691. The predicted octanol–water partition coefficient (Wildman–Crippen LogP) is 2.36. The van der Waals surface area contributed by atoms with Crippen LogP contribution >= 0.6 is 0 Å². The van der Waals surface area contributed by atoms with Crippen LogP contribution in [-0.4, -0.2) is 111 Å². The van der Waals surface area contributed by atoms with Crippen LogP contribution in [0, 0.1) is 23.7 Å². The third-order valence-electron chi connectivity index (χ3n) is 10.3. The third-order valence-corrected chi connectivity index (χ3v) is 10.3. The quantitative estimate of drug-likeness (QED) is 0.272. The zero-order valence-electron chi connectivity index (χ0n) is 27.8. The van der Waals surface area contributed by atoms with Crippen LogP contribution in [0.4, 0.5) is 0 Å². The molecule has 2 aliphatic heterocycles. The predicted molar refractivity (Wildman–Crippen MR) is 163 cm³/mol. The summed E-state index contributed by atoms with van der Waals surface area (Å²) in [6, 6.07) is -1.20. The van der Waals surface area contributed by atoms with Crippen LogP contribution in [0.5, 0.6) is 0 Å². The number of carbonyl (C=O) groups is 4. The van der Waals surface area contributed by atoms with E-state index < -0.39 is 30.2 Å². The number of ether oxygens (including phenoxy) is 3. The van der Waals surface area contributed by atoms with Crippen molar-refractivity contribution in [2.24, 2.45) is 23.7 Å². The number of rotatable bonds is 15. The molecule has 1 saturated carbocycles. The van der Waals surface area contributed by atoms with Gasteiger partial charge in [-0.2, -0.15) is 0 Å². The summed E-state index contributed by atoms with van der Waals surface area (Å²) in [5.74, 6) is -1.06. The van der Waals surface area contributed by atoms with Crippen molar-refractivity contribution in [2.75, 3.05) is 34.9 Å². The maximum absolute atomic E-state index is 14.0. The summed E-state index contributed by atoms with van der Waals surface area (Å²) in [6.07, 6.45) is 4.50. The van der Waals surface area contributed by atoms with Crippen molar-refractivity contribution < 1.29 is 33.4 Å². The third kappa shape index (κ3) is 7.89. The minimum absolute atomic E-state index is 0.0305. The van der Waals surface area contributed by atoms with Crippen LogP contribution in [-0.2, 0) is 33.4 Å². The molecule has 11 nitrogen and oxygen atoms in total. The van der Waals surface area contributed by atoms with Crippen molar-refractivity contribution in [2.45, 2.75) is 122 Å². The number of likely N-dealkylation sites (tertiary alicyclic amines) is 1. The van der Waals surface area contributed by atoms with E-state index in [1.807, 2.05) is 13.8 Å². The van der Waals surface area contributed by atoms with E-state index in [9.17, 15) is 19.2 Å². The maximum atomic E-state index is 14.0. The van der Waals surface area contributed by atoms with Gasteiger partial charge in [-0.15, -0.1) is 0 Å². The first-order chi connectivity index (χ1) is 20.4. The maximum Gasteiger partial charge on any atom is 0.311 e. The summed E-state index contributed by atoms with van der Waals surface area (Å²) in [6.45, 7) is 10.3. The second kappa shape index (κ2) is 15.7. The molecule has 2 unspecified atom stereocenters. The Balaban J connectivity index is 1.76. The van der Waals surface area contributed by atoms with Gasteiger partial charge in [-0.3, -0.25) is 19.2 Å². The van der Waals surface area contributed by atoms with Crippen molar-refractivity contribution in [1.29, 1.82) is 0 Å².